The smallest absolute Gasteiger partial charge is 0.123 e. The van der Waals surface area contributed by atoms with Crippen molar-refractivity contribution in [2.45, 2.75) is 31.7 Å². The Morgan fingerprint density at radius 1 is 1.35 bits per heavy atom. The quantitative estimate of drug-likeness (QED) is 0.931. The number of piperidine rings is 1. The molecule has 0 bridgehead atoms. The van der Waals surface area contributed by atoms with Crippen molar-refractivity contribution in [2.24, 2.45) is 0 Å². The topological polar surface area (TPSA) is 29.9 Å². The zero-order chi connectivity index (χ0) is 13.9. The predicted molar refractivity (Wildman–Crippen MR) is 77.3 cm³/mol. The fourth-order valence-corrected chi connectivity index (χ4v) is 2.96. The van der Waals surface area contributed by atoms with Crippen LogP contribution < -0.4 is 5.32 Å². The van der Waals surface area contributed by atoms with Gasteiger partial charge in [0.25, 0.3) is 0 Å². The van der Waals surface area contributed by atoms with Gasteiger partial charge in [0.05, 0.1) is 12.4 Å². The van der Waals surface area contributed by atoms with Crippen molar-refractivity contribution >= 4 is 0 Å². The molecule has 106 valence electrons. The first-order valence-corrected chi connectivity index (χ1v) is 7.23. The minimum atomic E-state index is -0.191. The number of rotatable bonds is 3. The summed E-state index contributed by atoms with van der Waals surface area (Å²) >= 11 is 0. The summed E-state index contributed by atoms with van der Waals surface area (Å²) in [4.78, 5) is 4.32. The van der Waals surface area contributed by atoms with Gasteiger partial charge in [-0.05, 0) is 44.0 Å². The third kappa shape index (κ3) is 2.61. The second-order valence-corrected chi connectivity index (χ2v) is 5.50. The lowest BCUT2D eigenvalue weighted by molar-refractivity contribution is 0.435. The number of benzene rings is 1. The van der Waals surface area contributed by atoms with E-state index in [1.54, 1.807) is 0 Å². The monoisotopic (exact) mass is 273 g/mol. The molecule has 0 amide bonds. The highest BCUT2D eigenvalue weighted by atomic mass is 19.1. The van der Waals surface area contributed by atoms with E-state index in [1.807, 2.05) is 24.7 Å². The molecule has 2 unspecified atom stereocenters. The number of imidazole rings is 1. The number of halogens is 1. The van der Waals surface area contributed by atoms with E-state index in [0.717, 1.165) is 18.7 Å². The SMILES string of the molecule is CC(c1ccc(F)cc1)n1cncc1C1CCCNC1. The van der Waals surface area contributed by atoms with Crippen molar-refractivity contribution in [3.05, 3.63) is 53.9 Å². The molecule has 4 heteroatoms. The first-order chi connectivity index (χ1) is 9.75. The fourth-order valence-electron chi connectivity index (χ4n) is 2.96. The second-order valence-electron chi connectivity index (χ2n) is 5.50. The van der Waals surface area contributed by atoms with E-state index in [4.69, 9.17) is 0 Å². The van der Waals surface area contributed by atoms with Gasteiger partial charge in [0.15, 0.2) is 0 Å². The first-order valence-electron chi connectivity index (χ1n) is 7.23. The molecule has 0 aliphatic carbocycles. The molecular weight excluding hydrogens is 253 g/mol. The maximum Gasteiger partial charge on any atom is 0.123 e. The van der Waals surface area contributed by atoms with Crippen LogP contribution in [0.15, 0.2) is 36.8 Å². The van der Waals surface area contributed by atoms with Gasteiger partial charge in [-0.15, -0.1) is 0 Å². The van der Waals surface area contributed by atoms with Gasteiger partial charge >= 0.3 is 0 Å². The summed E-state index contributed by atoms with van der Waals surface area (Å²) in [5, 5.41) is 3.45. The Balaban J connectivity index is 1.86. The maximum atomic E-state index is 13.0. The van der Waals surface area contributed by atoms with Gasteiger partial charge in [0, 0.05) is 24.4 Å². The Morgan fingerprint density at radius 2 is 2.15 bits per heavy atom. The largest absolute Gasteiger partial charge is 0.327 e. The molecule has 0 radical (unpaired) electrons. The summed E-state index contributed by atoms with van der Waals surface area (Å²) in [5.74, 6) is 0.331. The van der Waals surface area contributed by atoms with E-state index in [-0.39, 0.29) is 11.9 Å². The van der Waals surface area contributed by atoms with Gasteiger partial charge in [-0.3, -0.25) is 0 Å². The molecule has 1 aromatic heterocycles. The Bertz CT molecular complexity index is 555. The van der Waals surface area contributed by atoms with Crippen LogP contribution in [-0.4, -0.2) is 22.6 Å². The van der Waals surface area contributed by atoms with E-state index < -0.39 is 0 Å². The van der Waals surface area contributed by atoms with E-state index in [9.17, 15) is 4.39 Å². The van der Waals surface area contributed by atoms with Gasteiger partial charge < -0.3 is 9.88 Å². The Hall–Kier alpha value is -1.68. The van der Waals surface area contributed by atoms with Crippen LogP contribution in [0.25, 0.3) is 0 Å². The van der Waals surface area contributed by atoms with Crippen molar-refractivity contribution < 1.29 is 4.39 Å². The number of aromatic nitrogens is 2. The first kappa shape index (κ1) is 13.3. The zero-order valence-corrected chi connectivity index (χ0v) is 11.7. The second kappa shape index (κ2) is 5.75. The molecule has 1 aliphatic heterocycles. The van der Waals surface area contributed by atoms with Crippen molar-refractivity contribution in [3.8, 4) is 0 Å². The van der Waals surface area contributed by atoms with Crippen molar-refractivity contribution in [1.82, 2.24) is 14.9 Å². The minimum Gasteiger partial charge on any atom is -0.327 e. The van der Waals surface area contributed by atoms with Crippen molar-refractivity contribution in [1.29, 1.82) is 0 Å². The summed E-state index contributed by atoms with van der Waals surface area (Å²) in [6, 6.07) is 6.91. The molecule has 3 nitrogen and oxygen atoms in total. The molecule has 2 atom stereocenters. The molecule has 2 aromatic rings. The highest BCUT2D eigenvalue weighted by Crippen LogP contribution is 2.27. The fraction of sp³-hybridized carbons (Fsp3) is 0.438. The molecule has 1 aromatic carbocycles. The molecule has 1 fully saturated rings. The molecule has 1 aliphatic rings. The van der Waals surface area contributed by atoms with Crippen molar-refractivity contribution in [2.75, 3.05) is 13.1 Å². The third-order valence-electron chi connectivity index (χ3n) is 4.18. The van der Waals surface area contributed by atoms with Gasteiger partial charge in [0.1, 0.15) is 5.82 Å². The number of hydrogen-bond donors (Lipinski definition) is 1. The van der Waals surface area contributed by atoms with Gasteiger partial charge in [0.2, 0.25) is 0 Å². The van der Waals surface area contributed by atoms with E-state index in [0.29, 0.717) is 5.92 Å². The maximum absolute atomic E-state index is 13.0. The molecule has 0 saturated carbocycles. The van der Waals surface area contributed by atoms with Crippen LogP contribution >= 0.6 is 0 Å². The number of nitrogens with zero attached hydrogens (tertiary/aromatic N) is 2. The van der Waals surface area contributed by atoms with Crippen LogP contribution in [0.1, 0.15) is 43.0 Å². The summed E-state index contributed by atoms with van der Waals surface area (Å²) < 4.78 is 15.2. The molecular formula is C16H20FN3. The summed E-state index contributed by atoms with van der Waals surface area (Å²) in [6.07, 6.45) is 6.27. The third-order valence-corrected chi connectivity index (χ3v) is 4.18. The van der Waals surface area contributed by atoms with Crippen LogP contribution in [0.2, 0.25) is 0 Å². The lowest BCUT2D eigenvalue weighted by Gasteiger charge is -2.26. The van der Waals surface area contributed by atoms with Crippen LogP contribution in [-0.2, 0) is 0 Å². The zero-order valence-electron chi connectivity index (χ0n) is 11.7. The average molecular weight is 273 g/mol. The Kier molecular flexibility index (Phi) is 3.83. The van der Waals surface area contributed by atoms with E-state index in [2.05, 4.69) is 21.8 Å². The van der Waals surface area contributed by atoms with Gasteiger partial charge in [-0.2, -0.15) is 0 Å². The Labute approximate surface area is 118 Å². The number of nitrogens with one attached hydrogen (secondary N) is 1. The standard InChI is InChI=1S/C16H20FN3/c1-12(13-4-6-15(17)7-5-13)20-11-19-10-16(20)14-3-2-8-18-9-14/h4-7,10-12,14,18H,2-3,8-9H2,1H3. The van der Waals surface area contributed by atoms with Crippen LogP contribution in [0.3, 0.4) is 0 Å². The highest BCUT2D eigenvalue weighted by molar-refractivity contribution is 5.22. The predicted octanol–water partition coefficient (Wildman–Crippen LogP) is 3.10. The van der Waals surface area contributed by atoms with E-state index in [1.165, 1.54) is 30.7 Å². The molecule has 3 rings (SSSR count). The van der Waals surface area contributed by atoms with Crippen LogP contribution in [0, 0.1) is 5.82 Å². The number of hydrogen-bond acceptors (Lipinski definition) is 2. The van der Waals surface area contributed by atoms with Gasteiger partial charge in [-0.1, -0.05) is 12.1 Å². The molecule has 2 heterocycles. The molecule has 0 spiro atoms. The van der Waals surface area contributed by atoms with E-state index >= 15 is 0 Å². The summed E-state index contributed by atoms with van der Waals surface area (Å²) in [5.41, 5.74) is 2.38. The normalized spacial score (nSPS) is 20.8. The average Bonchev–Trinajstić information content (AvgIpc) is 2.97. The lowest BCUT2D eigenvalue weighted by atomic mass is 9.95. The molecule has 20 heavy (non-hydrogen) atoms. The van der Waals surface area contributed by atoms with Crippen LogP contribution in [0.4, 0.5) is 4.39 Å². The van der Waals surface area contributed by atoms with Gasteiger partial charge in [-0.25, -0.2) is 9.37 Å². The highest BCUT2D eigenvalue weighted by Gasteiger charge is 2.21. The van der Waals surface area contributed by atoms with Crippen LogP contribution in [0.5, 0.6) is 0 Å². The minimum absolute atomic E-state index is 0.176. The van der Waals surface area contributed by atoms with Crippen molar-refractivity contribution in [3.63, 3.8) is 0 Å². The Morgan fingerprint density at radius 3 is 2.85 bits per heavy atom. The summed E-state index contributed by atoms with van der Waals surface area (Å²) in [6.45, 7) is 4.26. The molecule has 1 saturated heterocycles. The molecule has 1 N–H and O–H groups in total. The summed E-state index contributed by atoms with van der Waals surface area (Å²) in [7, 11) is 0. The lowest BCUT2D eigenvalue weighted by Crippen LogP contribution is -2.30.